The third kappa shape index (κ3) is 5.53. The quantitative estimate of drug-likeness (QED) is 0.683. The molecule has 0 aliphatic rings. The largest absolute Gasteiger partial charge is 0.390 e. The number of thioether (sulfide) groups is 1. The minimum atomic E-state index is -0.636. The van der Waals surface area contributed by atoms with Crippen LogP contribution in [0.5, 0.6) is 0 Å². The number of rotatable bonds is 9. The van der Waals surface area contributed by atoms with E-state index in [2.05, 4.69) is 15.5 Å². The van der Waals surface area contributed by atoms with Gasteiger partial charge in [0.1, 0.15) is 5.82 Å². The lowest BCUT2D eigenvalue weighted by molar-refractivity contribution is 0.0387. The number of ether oxygens (including phenoxy) is 1. The van der Waals surface area contributed by atoms with Crippen LogP contribution in [-0.4, -0.2) is 40.3 Å². The van der Waals surface area contributed by atoms with Crippen LogP contribution in [0.3, 0.4) is 0 Å². The molecule has 0 fully saturated rings. The summed E-state index contributed by atoms with van der Waals surface area (Å²) >= 11 is 2.88. The van der Waals surface area contributed by atoms with Gasteiger partial charge >= 0.3 is 0 Å². The van der Waals surface area contributed by atoms with E-state index in [-0.39, 0.29) is 19.0 Å². The van der Waals surface area contributed by atoms with Crippen molar-refractivity contribution in [1.82, 2.24) is 10.2 Å². The summed E-state index contributed by atoms with van der Waals surface area (Å²) in [4.78, 5) is 0. The van der Waals surface area contributed by atoms with Crippen LogP contribution in [0.1, 0.15) is 12.5 Å². The summed E-state index contributed by atoms with van der Waals surface area (Å²) in [7, 11) is 0. The van der Waals surface area contributed by atoms with Crippen LogP contribution in [0, 0.1) is 5.82 Å². The van der Waals surface area contributed by atoms with E-state index in [0.717, 1.165) is 16.0 Å². The maximum absolute atomic E-state index is 13.4. The van der Waals surface area contributed by atoms with Crippen molar-refractivity contribution in [3.8, 4) is 0 Å². The van der Waals surface area contributed by atoms with Gasteiger partial charge < -0.3 is 15.2 Å². The van der Waals surface area contributed by atoms with Crippen molar-refractivity contribution in [1.29, 1.82) is 0 Å². The van der Waals surface area contributed by atoms with Gasteiger partial charge in [-0.15, -0.1) is 10.2 Å². The fourth-order valence-corrected chi connectivity index (χ4v) is 3.38. The average molecular weight is 343 g/mol. The molecule has 0 spiro atoms. The molecule has 1 aromatic carbocycles. The molecule has 1 heterocycles. The number of benzene rings is 1. The molecule has 0 amide bonds. The van der Waals surface area contributed by atoms with Gasteiger partial charge in [-0.25, -0.2) is 4.39 Å². The van der Waals surface area contributed by atoms with Crippen LogP contribution in [-0.2, 0) is 11.3 Å². The van der Waals surface area contributed by atoms with E-state index >= 15 is 0 Å². The first kappa shape index (κ1) is 17.1. The number of aromatic nitrogens is 2. The van der Waals surface area contributed by atoms with E-state index in [0.29, 0.717) is 11.3 Å². The first-order chi connectivity index (χ1) is 10.7. The fourth-order valence-electron chi connectivity index (χ4n) is 1.63. The number of anilines is 1. The van der Waals surface area contributed by atoms with E-state index in [9.17, 15) is 9.50 Å². The minimum absolute atomic E-state index is 0.151. The standard InChI is InChI=1S/C14H18FN3O2S2/c1-2-16-13-17-18-14(22-13)21-9-11(19)8-20-7-10-5-3-4-6-12(10)15/h3-6,11,19H,2,7-9H2,1H3,(H,16,17). The van der Waals surface area contributed by atoms with Crippen molar-refractivity contribution in [3.05, 3.63) is 35.6 Å². The molecule has 0 aliphatic heterocycles. The van der Waals surface area contributed by atoms with Gasteiger partial charge in [0, 0.05) is 17.9 Å². The molecule has 0 saturated carbocycles. The number of hydrogen-bond acceptors (Lipinski definition) is 7. The molecule has 2 N–H and O–H groups in total. The first-order valence-electron chi connectivity index (χ1n) is 6.88. The van der Waals surface area contributed by atoms with E-state index < -0.39 is 6.10 Å². The Hall–Kier alpha value is -1.22. The van der Waals surface area contributed by atoms with E-state index in [1.165, 1.54) is 29.2 Å². The number of halogens is 1. The van der Waals surface area contributed by atoms with Gasteiger partial charge in [0.2, 0.25) is 5.13 Å². The van der Waals surface area contributed by atoms with Gasteiger partial charge in [0.15, 0.2) is 4.34 Å². The SMILES string of the molecule is CCNc1nnc(SCC(O)COCc2ccccc2F)s1. The highest BCUT2D eigenvalue weighted by molar-refractivity contribution is 8.01. The lowest BCUT2D eigenvalue weighted by Gasteiger charge is -2.10. The van der Waals surface area contributed by atoms with Gasteiger partial charge in [-0.05, 0) is 13.0 Å². The summed E-state index contributed by atoms with van der Waals surface area (Å²) in [6.45, 7) is 3.09. The lowest BCUT2D eigenvalue weighted by Crippen LogP contribution is -2.18. The van der Waals surface area contributed by atoms with Crippen molar-refractivity contribution in [2.24, 2.45) is 0 Å². The Morgan fingerprint density at radius 1 is 1.41 bits per heavy atom. The minimum Gasteiger partial charge on any atom is -0.390 e. The number of aliphatic hydroxyl groups excluding tert-OH is 1. The van der Waals surface area contributed by atoms with Crippen molar-refractivity contribution >= 4 is 28.2 Å². The summed E-state index contributed by atoms with van der Waals surface area (Å²) in [5.41, 5.74) is 0.488. The zero-order valence-electron chi connectivity index (χ0n) is 12.2. The molecule has 0 radical (unpaired) electrons. The highest BCUT2D eigenvalue weighted by Crippen LogP contribution is 2.25. The normalized spacial score (nSPS) is 12.3. The Kier molecular flexibility index (Phi) is 7.04. The second-order valence-electron chi connectivity index (χ2n) is 4.47. The topological polar surface area (TPSA) is 67.3 Å². The Bertz CT molecular complexity index is 583. The van der Waals surface area contributed by atoms with Gasteiger partial charge in [0.05, 0.1) is 19.3 Å². The van der Waals surface area contributed by atoms with Crippen LogP contribution < -0.4 is 5.32 Å². The molecule has 0 bridgehead atoms. The fraction of sp³-hybridized carbons (Fsp3) is 0.429. The molecule has 5 nitrogen and oxygen atoms in total. The number of nitrogens with one attached hydrogen (secondary N) is 1. The third-order valence-corrected chi connectivity index (χ3v) is 4.82. The van der Waals surface area contributed by atoms with Gasteiger partial charge in [-0.1, -0.05) is 41.3 Å². The Morgan fingerprint density at radius 2 is 2.23 bits per heavy atom. The maximum atomic E-state index is 13.4. The van der Waals surface area contributed by atoms with E-state index in [1.807, 2.05) is 6.92 Å². The van der Waals surface area contributed by atoms with Crippen LogP contribution >= 0.6 is 23.1 Å². The second kappa shape index (κ2) is 9.04. The number of hydrogen-bond donors (Lipinski definition) is 2. The van der Waals surface area contributed by atoms with Crippen molar-refractivity contribution in [2.75, 3.05) is 24.2 Å². The highest BCUT2D eigenvalue weighted by atomic mass is 32.2. The molecule has 2 rings (SSSR count). The molecule has 0 saturated heterocycles. The molecule has 22 heavy (non-hydrogen) atoms. The molecular formula is C14H18FN3O2S2. The van der Waals surface area contributed by atoms with Crippen molar-refractivity contribution in [2.45, 2.75) is 24.0 Å². The van der Waals surface area contributed by atoms with Gasteiger partial charge in [-0.3, -0.25) is 0 Å². The number of aliphatic hydroxyl groups is 1. The Morgan fingerprint density at radius 3 is 3.00 bits per heavy atom. The monoisotopic (exact) mass is 343 g/mol. The molecule has 1 aromatic heterocycles. The Labute approximate surface area is 136 Å². The maximum Gasteiger partial charge on any atom is 0.206 e. The first-order valence-corrected chi connectivity index (χ1v) is 8.68. The van der Waals surface area contributed by atoms with Gasteiger partial charge in [0.25, 0.3) is 0 Å². The van der Waals surface area contributed by atoms with Crippen molar-refractivity contribution < 1.29 is 14.2 Å². The zero-order chi connectivity index (χ0) is 15.8. The molecule has 1 unspecified atom stereocenters. The van der Waals surface area contributed by atoms with Crippen LogP contribution in [0.4, 0.5) is 9.52 Å². The summed E-state index contributed by atoms with van der Waals surface area (Å²) < 4.78 is 19.5. The smallest absolute Gasteiger partial charge is 0.206 e. The van der Waals surface area contributed by atoms with Crippen LogP contribution in [0.25, 0.3) is 0 Å². The zero-order valence-corrected chi connectivity index (χ0v) is 13.8. The number of nitrogens with zero attached hydrogens (tertiary/aromatic N) is 2. The predicted octanol–water partition coefficient (Wildman–Crippen LogP) is 2.78. The van der Waals surface area contributed by atoms with Crippen LogP contribution in [0.2, 0.25) is 0 Å². The van der Waals surface area contributed by atoms with Crippen LogP contribution in [0.15, 0.2) is 28.6 Å². The Balaban J connectivity index is 1.67. The molecule has 2 aromatic rings. The van der Waals surface area contributed by atoms with Crippen molar-refractivity contribution in [3.63, 3.8) is 0 Å². The van der Waals surface area contributed by atoms with Gasteiger partial charge in [-0.2, -0.15) is 0 Å². The molecular weight excluding hydrogens is 325 g/mol. The average Bonchev–Trinajstić information content (AvgIpc) is 2.95. The molecule has 120 valence electrons. The third-order valence-electron chi connectivity index (χ3n) is 2.66. The van der Waals surface area contributed by atoms with E-state index in [4.69, 9.17) is 4.74 Å². The summed E-state index contributed by atoms with van der Waals surface area (Å²) in [6.07, 6.45) is -0.636. The summed E-state index contributed by atoms with van der Waals surface area (Å²) in [5.74, 6) is 0.161. The lowest BCUT2D eigenvalue weighted by atomic mass is 10.2. The summed E-state index contributed by atoms with van der Waals surface area (Å²) in [6, 6.07) is 6.45. The molecule has 1 atom stereocenters. The molecule has 8 heteroatoms. The van der Waals surface area contributed by atoms with E-state index in [1.54, 1.807) is 18.2 Å². The molecule has 0 aliphatic carbocycles. The summed E-state index contributed by atoms with van der Waals surface area (Å²) in [5, 5.41) is 21.7. The second-order valence-corrected chi connectivity index (χ2v) is 6.72. The predicted molar refractivity (Wildman–Crippen MR) is 86.9 cm³/mol. The highest BCUT2D eigenvalue weighted by Gasteiger charge is 2.10.